The van der Waals surface area contributed by atoms with Gasteiger partial charge in [-0.1, -0.05) is 31.5 Å². The lowest BCUT2D eigenvalue weighted by atomic mass is 9.71. The summed E-state index contributed by atoms with van der Waals surface area (Å²) < 4.78 is 6.35. The van der Waals surface area contributed by atoms with E-state index in [0.29, 0.717) is 23.8 Å². The highest BCUT2D eigenvalue weighted by Crippen LogP contribution is 2.56. The number of anilines is 1. The first-order chi connectivity index (χ1) is 12.2. The fourth-order valence-electron chi connectivity index (χ4n) is 6.02. The van der Waals surface area contributed by atoms with E-state index in [1.807, 2.05) is 18.2 Å². The number of carbonyl (C=O) groups excluding carboxylic acids is 1. The Balaban J connectivity index is 1.66. The third-order valence-electron chi connectivity index (χ3n) is 7.26. The van der Waals surface area contributed by atoms with Crippen LogP contribution in [-0.2, 0) is 19.8 Å². The first kappa shape index (κ1) is 15.8. The van der Waals surface area contributed by atoms with Crippen LogP contribution in [0.1, 0.15) is 31.7 Å². The van der Waals surface area contributed by atoms with E-state index in [9.17, 15) is 4.79 Å². The number of amides is 1. The Labute approximate surface area is 148 Å². The highest BCUT2D eigenvalue weighted by Gasteiger charge is 2.63. The first-order valence-corrected chi connectivity index (χ1v) is 9.53. The van der Waals surface area contributed by atoms with Crippen LogP contribution in [0.3, 0.4) is 0 Å². The van der Waals surface area contributed by atoms with Crippen molar-refractivity contribution in [3.05, 3.63) is 29.8 Å². The topological polar surface area (TPSA) is 50.8 Å². The number of benzene rings is 1. The van der Waals surface area contributed by atoms with Crippen LogP contribution >= 0.6 is 0 Å². The molecule has 134 valence electrons. The molecule has 6 atom stereocenters. The van der Waals surface area contributed by atoms with E-state index in [-0.39, 0.29) is 12.0 Å². The summed E-state index contributed by atoms with van der Waals surface area (Å²) in [6.45, 7) is 4.12. The number of piperidine rings is 1. The fraction of sp³-hybridized carbons (Fsp3) is 0.650. The molecule has 5 aliphatic rings. The molecular formula is C20H26N2O3. The molecule has 4 fully saturated rings. The van der Waals surface area contributed by atoms with Gasteiger partial charge in [-0.05, 0) is 42.9 Å². The Morgan fingerprint density at radius 1 is 1.36 bits per heavy atom. The van der Waals surface area contributed by atoms with Gasteiger partial charge in [0.2, 0.25) is 0 Å². The van der Waals surface area contributed by atoms with Crippen molar-refractivity contribution >= 4 is 11.6 Å². The number of para-hydroxylation sites is 1. The number of nitrogens with one attached hydrogen (secondary N) is 1. The molecule has 1 aliphatic carbocycles. The lowest BCUT2D eigenvalue weighted by molar-refractivity contribution is -0.139. The first-order valence-electron chi connectivity index (χ1n) is 9.53. The van der Waals surface area contributed by atoms with Crippen LogP contribution in [0, 0.1) is 17.8 Å². The zero-order valence-electron chi connectivity index (χ0n) is 14.9. The average molecular weight is 342 g/mol. The van der Waals surface area contributed by atoms with E-state index in [1.165, 1.54) is 11.5 Å². The summed E-state index contributed by atoms with van der Waals surface area (Å²) in [5, 5.41) is 5.25. The molecule has 6 rings (SSSR count). The zero-order chi connectivity index (χ0) is 17.2. The third kappa shape index (κ3) is 1.92. The number of rotatable bonds is 2. The van der Waals surface area contributed by atoms with Crippen molar-refractivity contribution < 1.29 is 14.4 Å². The Bertz CT molecular complexity index is 708. The normalized spacial score (nSPS) is 41.9. The smallest absolute Gasteiger partial charge is 0.264 e. The van der Waals surface area contributed by atoms with Crippen molar-refractivity contribution in [1.82, 2.24) is 5.32 Å². The molecule has 6 unspecified atom stereocenters. The molecule has 1 spiro atoms. The van der Waals surface area contributed by atoms with Gasteiger partial charge in [-0.2, -0.15) is 5.06 Å². The zero-order valence-corrected chi connectivity index (χ0v) is 14.9. The maximum atomic E-state index is 13.5. The van der Waals surface area contributed by atoms with Crippen LogP contribution in [0.2, 0.25) is 0 Å². The Hall–Kier alpha value is -1.43. The molecule has 1 saturated carbocycles. The second-order valence-corrected chi connectivity index (χ2v) is 8.04. The van der Waals surface area contributed by atoms with Crippen LogP contribution < -0.4 is 10.4 Å². The van der Waals surface area contributed by atoms with Crippen molar-refractivity contribution in [2.45, 2.75) is 43.7 Å². The SMILES string of the molecule is CCC1CNC2CC3(C(=O)N(OC)c4ccccc43)C3CC1C2CO3. The minimum atomic E-state index is -0.615. The van der Waals surface area contributed by atoms with E-state index >= 15 is 0 Å². The molecule has 5 nitrogen and oxygen atoms in total. The van der Waals surface area contributed by atoms with Gasteiger partial charge in [-0.15, -0.1) is 0 Å². The monoisotopic (exact) mass is 342 g/mol. The van der Waals surface area contributed by atoms with Gasteiger partial charge >= 0.3 is 0 Å². The summed E-state index contributed by atoms with van der Waals surface area (Å²) >= 11 is 0. The summed E-state index contributed by atoms with van der Waals surface area (Å²) in [5.41, 5.74) is 1.34. The van der Waals surface area contributed by atoms with Gasteiger partial charge in [0.15, 0.2) is 0 Å². The van der Waals surface area contributed by atoms with Crippen molar-refractivity contribution in [3.63, 3.8) is 0 Å². The minimum Gasteiger partial charge on any atom is -0.376 e. The average Bonchev–Trinajstić information content (AvgIpc) is 2.74. The molecule has 4 bridgehead atoms. The predicted octanol–water partition coefficient (Wildman–Crippen LogP) is 2.26. The van der Waals surface area contributed by atoms with Crippen molar-refractivity contribution in [3.8, 4) is 0 Å². The molecule has 0 aromatic heterocycles. The van der Waals surface area contributed by atoms with Gasteiger partial charge in [-0.25, -0.2) is 0 Å². The summed E-state index contributed by atoms with van der Waals surface area (Å²) in [5.74, 6) is 1.91. The number of ether oxygens (including phenoxy) is 1. The largest absolute Gasteiger partial charge is 0.376 e. The van der Waals surface area contributed by atoms with Gasteiger partial charge < -0.3 is 10.1 Å². The second kappa shape index (κ2) is 5.53. The van der Waals surface area contributed by atoms with Gasteiger partial charge in [0.25, 0.3) is 5.91 Å². The number of carbonyl (C=O) groups is 1. The van der Waals surface area contributed by atoms with Crippen LogP contribution in [0.25, 0.3) is 0 Å². The van der Waals surface area contributed by atoms with Gasteiger partial charge in [0.05, 0.1) is 25.5 Å². The van der Waals surface area contributed by atoms with E-state index < -0.39 is 5.41 Å². The van der Waals surface area contributed by atoms with E-state index in [4.69, 9.17) is 9.57 Å². The van der Waals surface area contributed by atoms with Gasteiger partial charge in [-0.3, -0.25) is 9.63 Å². The summed E-state index contributed by atoms with van der Waals surface area (Å²) in [6, 6.07) is 8.41. The van der Waals surface area contributed by atoms with Crippen LogP contribution in [-0.4, -0.2) is 38.3 Å². The fourth-order valence-corrected chi connectivity index (χ4v) is 6.02. The van der Waals surface area contributed by atoms with E-state index in [2.05, 4.69) is 18.3 Å². The molecule has 5 heteroatoms. The van der Waals surface area contributed by atoms with E-state index in [1.54, 1.807) is 7.11 Å². The summed E-state index contributed by atoms with van der Waals surface area (Å²) in [7, 11) is 1.58. The highest BCUT2D eigenvalue weighted by atomic mass is 16.7. The maximum absolute atomic E-state index is 13.5. The van der Waals surface area contributed by atoms with Gasteiger partial charge in [0, 0.05) is 12.0 Å². The lowest BCUT2D eigenvalue weighted by Crippen LogP contribution is -2.52. The van der Waals surface area contributed by atoms with Crippen molar-refractivity contribution in [2.75, 3.05) is 25.3 Å². The van der Waals surface area contributed by atoms with Crippen LogP contribution in [0.5, 0.6) is 0 Å². The van der Waals surface area contributed by atoms with Crippen molar-refractivity contribution in [1.29, 1.82) is 0 Å². The summed E-state index contributed by atoms with van der Waals surface area (Å²) in [6.07, 6.45) is 2.93. The molecule has 1 amide bonds. The molecule has 25 heavy (non-hydrogen) atoms. The standard InChI is InChI=1S/C20H26N2O3/c1-3-12-10-21-16-9-20(18-8-13(12)14(16)11-25-18)15-6-4-5-7-17(15)22(24-2)19(20)23/h4-7,12-14,16,18,21H,3,8-11H2,1-2H3. The van der Waals surface area contributed by atoms with Crippen LogP contribution in [0.15, 0.2) is 24.3 Å². The highest BCUT2D eigenvalue weighted by molar-refractivity contribution is 6.07. The molecule has 3 saturated heterocycles. The lowest BCUT2D eigenvalue weighted by Gasteiger charge is -2.45. The summed E-state index contributed by atoms with van der Waals surface area (Å²) in [4.78, 5) is 19.0. The molecule has 1 N–H and O–H groups in total. The molecular weight excluding hydrogens is 316 g/mol. The third-order valence-corrected chi connectivity index (χ3v) is 7.26. The van der Waals surface area contributed by atoms with Gasteiger partial charge in [0.1, 0.15) is 5.41 Å². The molecule has 1 aromatic rings. The maximum Gasteiger partial charge on any atom is 0.264 e. The Kier molecular flexibility index (Phi) is 3.50. The molecule has 1 aromatic carbocycles. The quantitative estimate of drug-likeness (QED) is 0.896. The number of hydroxylamine groups is 1. The minimum absolute atomic E-state index is 0.0456. The predicted molar refractivity (Wildman–Crippen MR) is 94.1 cm³/mol. The van der Waals surface area contributed by atoms with Crippen molar-refractivity contribution in [2.24, 2.45) is 17.8 Å². The number of hydrogen-bond donors (Lipinski definition) is 1. The Morgan fingerprint density at radius 2 is 2.20 bits per heavy atom. The Morgan fingerprint density at radius 3 is 3.00 bits per heavy atom. The molecule has 4 aliphatic heterocycles. The van der Waals surface area contributed by atoms with Crippen LogP contribution in [0.4, 0.5) is 5.69 Å². The molecule has 0 radical (unpaired) electrons. The second-order valence-electron chi connectivity index (χ2n) is 8.04. The molecule has 4 heterocycles. The number of hydrogen-bond acceptors (Lipinski definition) is 4. The number of fused-ring (bicyclic) bond motifs is 2. The number of nitrogens with zero attached hydrogens (tertiary/aromatic N) is 1. The van der Waals surface area contributed by atoms with E-state index in [0.717, 1.165) is 37.2 Å².